The van der Waals surface area contributed by atoms with Gasteiger partial charge in [0.15, 0.2) is 0 Å². The number of hydrogen-bond acceptors (Lipinski definition) is 2. The second kappa shape index (κ2) is 5.75. The van der Waals surface area contributed by atoms with E-state index in [1.807, 2.05) is 0 Å². The van der Waals surface area contributed by atoms with Crippen molar-refractivity contribution in [2.45, 2.75) is 53.1 Å². The average Bonchev–Trinajstić information content (AvgIpc) is 2.26. The Labute approximate surface area is 112 Å². The van der Waals surface area contributed by atoms with Crippen LogP contribution in [0, 0.1) is 5.41 Å². The van der Waals surface area contributed by atoms with Crippen LogP contribution in [0.15, 0.2) is 24.3 Å². The number of anilines is 1. The third kappa shape index (κ3) is 3.74. The fourth-order valence-corrected chi connectivity index (χ4v) is 2.16. The molecule has 0 aliphatic carbocycles. The van der Waals surface area contributed by atoms with E-state index in [0.29, 0.717) is 6.04 Å². The van der Waals surface area contributed by atoms with Gasteiger partial charge in [-0.3, -0.25) is 0 Å². The molecule has 0 aliphatic heterocycles. The lowest BCUT2D eigenvalue weighted by Gasteiger charge is -2.38. The second-order valence-electron chi connectivity index (χ2n) is 6.46. The molecule has 2 heteroatoms. The van der Waals surface area contributed by atoms with Crippen LogP contribution in [0.1, 0.15) is 40.2 Å². The fourth-order valence-electron chi connectivity index (χ4n) is 2.16. The number of hydrogen-bond donors (Lipinski definition) is 1. The summed E-state index contributed by atoms with van der Waals surface area (Å²) in [7, 11) is 2.18. The van der Waals surface area contributed by atoms with Crippen molar-refractivity contribution in [3.8, 4) is 0 Å². The summed E-state index contributed by atoms with van der Waals surface area (Å²) in [5, 5.41) is 0. The first kappa shape index (κ1) is 15.0. The van der Waals surface area contributed by atoms with Gasteiger partial charge < -0.3 is 10.6 Å². The molecule has 0 spiro atoms. The summed E-state index contributed by atoms with van der Waals surface area (Å²) < 4.78 is 0. The second-order valence-corrected chi connectivity index (χ2v) is 6.46. The van der Waals surface area contributed by atoms with Crippen LogP contribution < -0.4 is 10.6 Å². The zero-order chi connectivity index (χ0) is 13.9. The summed E-state index contributed by atoms with van der Waals surface area (Å²) in [6.07, 6.45) is 0.928. The molecule has 0 saturated carbocycles. The van der Waals surface area contributed by atoms with Crippen molar-refractivity contribution in [1.29, 1.82) is 0 Å². The summed E-state index contributed by atoms with van der Waals surface area (Å²) >= 11 is 0. The highest BCUT2D eigenvalue weighted by atomic mass is 15.1. The van der Waals surface area contributed by atoms with E-state index in [9.17, 15) is 0 Å². The van der Waals surface area contributed by atoms with Crippen molar-refractivity contribution in [3.05, 3.63) is 29.8 Å². The van der Waals surface area contributed by atoms with Crippen molar-refractivity contribution in [2.24, 2.45) is 11.1 Å². The Bertz CT molecular complexity index is 377. The minimum Gasteiger partial charge on any atom is -0.371 e. The van der Waals surface area contributed by atoms with Crippen LogP contribution in [0.4, 0.5) is 5.69 Å². The highest BCUT2D eigenvalue weighted by Crippen LogP contribution is 2.29. The maximum Gasteiger partial charge on any atom is 0.0399 e. The van der Waals surface area contributed by atoms with E-state index in [4.69, 9.17) is 5.73 Å². The number of nitrogens with zero attached hydrogens (tertiary/aromatic N) is 1. The third-order valence-electron chi connectivity index (χ3n) is 3.75. The van der Waals surface area contributed by atoms with Crippen LogP contribution in [0.25, 0.3) is 0 Å². The summed E-state index contributed by atoms with van der Waals surface area (Å²) in [6, 6.07) is 9.25. The van der Waals surface area contributed by atoms with Crippen molar-refractivity contribution >= 4 is 5.69 Å². The lowest BCUT2D eigenvalue weighted by molar-refractivity contribution is 0.329. The van der Waals surface area contributed by atoms with Gasteiger partial charge in [-0.15, -0.1) is 0 Å². The van der Waals surface area contributed by atoms with Crippen molar-refractivity contribution in [1.82, 2.24) is 0 Å². The largest absolute Gasteiger partial charge is 0.371 e. The molecule has 0 bridgehead atoms. The molecule has 1 rings (SSSR count). The van der Waals surface area contributed by atoms with Gasteiger partial charge in [-0.05, 0) is 37.3 Å². The van der Waals surface area contributed by atoms with Crippen LogP contribution in [0.5, 0.6) is 0 Å². The molecule has 1 aromatic carbocycles. The Morgan fingerprint density at radius 1 is 1.17 bits per heavy atom. The number of rotatable bonds is 4. The minimum atomic E-state index is 0.199. The molecule has 0 saturated heterocycles. The molecule has 2 unspecified atom stereocenters. The van der Waals surface area contributed by atoms with Crippen molar-refractivity contribution in [3.63, 3.8) is 0 Å². The van der Waals surface area contributed by atoms with E-state index in [1.165, 1.54) is 11.3 Å². The van der Waals surface area contributed by atoms with Gasteiger partial charge in [0.05, 0.1) is 0 Å². The van der Waals surface area contributed by atoms with Crippen LogP contribution in [0.2, 0.25) is 0 Å². The van der Waals surface area contributed by atoms with Gasteiger partial charge in [0.2, 0.25) is 0 Å². The summed E-state index contributed by atoms with van der Waals surface area (Å²) in [5.41, 5.74) is 8.84. The normalized spacial score (nSPS) is 15.3. The molecule has 18 heavy (non-hydrogen) atoms. The first-order valence-corrected chi connectivity index (χ1v) is 6.79. The molecule has 102 valence electrons. The molecule has 0 amide bonds. The van der Waals surface area contributed by atoms with Gasteiger partial charge in [-0.25, -0.2) is 0 Å². The SMILES string of the molecule is CC(N)Cc1ccccc1N(C)C(C)C(C)(C)C. The molecule has 0 aromatic heterocycles. The first-order valence-electron chi connectivity index (χ1n) is 6.79. The Balaban J connectivity index is 3.01. The highest BCUT2D eigenvalue weighted by Gasteiger charge is 2.25. The third-order valence-corrected chi connectivity index (χ3v) is 3.75. The standard InChI is InChI=1S/C16H28N2/c1-12(17)11-14-9-7-8-10-15(14)18(6)13(2)16(3,4)5/h7-10,12-13H,11,17H2,1-6H3. The number of benzene rings is 1. The van der Waals surface area contributed by atoms with Gasteiger partial charge >= 0.3 is 0 Å². The summed E-state index contributed by atoms with van der Waals surface area (Å²) in [6.45, 7) is 11.2. The van der Waals surface area contributed by atoms with E-state index >= 15 is 0 Å². The molecule has 0 fully saturated rings. The van der Waals surface area contributed by atoms with Crippen molar-refractivity contribution < 1.29 is 0 Å². The maximum absolute atomic E-state index is 5.94. The van der Waals surface area contributed by atoms with E-state index < -0.39 is 0 Å². The molecule has 1 aromatic rings. The molecule has 0 aliphatic rings. The molecular formula is C16H28N2. The lowest BCUT2D eigenvalue weighted by Crippen LogP contribution is -2.40. The molecule has 0 heterocycles. The smallest absolute Gasteiger partial charge is 0.0399 e. The van der Waals surface area contributed by atoms with Crippen molar-refractivity contribution in [2.75, 3.05) is 11.9 Å². The quantitative estimate of drug-likeness (QED) is 0.884. The highest BCUT2D eigenvalue weighted by molar-refractivity contribution is 5.54. The van der Waals surface area contributed by atoms with Gasteiger partial charge in [-0.2, -0.15) is 0 Å². The Morgan fingerprint density at radius 3 is 2.22 bits per heavy atom. The van der Waals surface area contributed by atoms with Gasteiger partial charge in [-0.1, -0.05) is 39.0 Å². The Hall–Kier alpha value is -1.02. The number of para-hydroxylation sites is 1. The predicted molar refractivity (Wildman–Crippen MR) is 81.1 cm³/mol. The van der Waals surface area contributed by atoms with Gasteiger partial charge in [0.25, 0.3) is 0 Å². The van der Waals surface area contributed by atoms with E-state index in [-0.39, 0.29) is 11.5 Å². The topological polar surface area (TPSA) is 29.3 Å². The predicted octanol–water partition coefficient (Wildman–Crippen LogP) is 3.45. The zero-order valence-electron chi connectivity index (χ0n) is 12.7. The van der Waals surface area contributed by atoms with Crippen LogP contribution in [-0.2, 0) is 6.42 Å². The summed E-state index contributed by atoms with van der Waals surface area (Å²) in [4.78, 5) is 2.37. The molecule has 0 radical (unpaired) electrons. The van der Waals surface area contributed by atoms with Crippen LogP contribution in [-0.4, -0.2) is 19.1 Å². The monoisotopic (exact) mass is 248 g/mol. The summed E-state index contributed by atoms with van der Waals surface area (Å²) in [5.74, 6) is 0. The minimum absolute atomic E-state index is 0.199. The fraction of sp³-hybridized carbons (Fsp3) is 0.625. The van der Waals surface area contributed by atoms with Crippen LogP contribution in [0.3, 0.4) is 0 Å². The lowest BCUT2D eigenvalue weighted by atomic mass is 9.86. The van der Waals surface area contributed by atoms with E-state index in [0.717, 1.165) is 6.42 Å². The van der Waals surface area contributed by atoms with Crippen LogP contribution >= 0.6 is 0 Å². The van der Waals surface area contributed by atoms with Gasteiger partial charge in [0, 0.05) is 24.8 Å². The Kier molecular flexibility index (Phi) is 4.80. The first-order chi connectivity index (χ1) is 8.23. The number of nitrogens with two attached hydrogens (primary N) is 1. The molecule has 2 nitrogen and oxygen atoms in total. The average molecular weight is 248 g/mol. The Morgan fingerprint density at radius 2 is 1.72 bits per heavy atom. The van der Waals surface area contributed by atoms with E-state index in [2.05, 4.69) is 70.8 Å². The molecule has 2 N–H and O–H groups in total. The molecule has 2 atom stereocenters. The van der Waals surface area contributed by atoms with Gasteiger partial charge in [0.1, 0.15) is 0 Å². The molecular weight excluding hydrogens is 220 g/mol. The van der Waals surface area contributed by atoms with E-state index in [1.54, 1.807) is 0 Å². The zero-order valence-corrected chi connectivity index (χ0v) is 12.7. The maximum atomic E-state index is 5.94.